The average molecular weight is 301 g/mol. The van der Waals surface area contributed by atoms with Crippen LogP contribution in [0.3, 0.4) is 0 Å². The lowest BCUT2D eigenvalue weighted by Crippen LogP contribution is -2.13. The third kappa shape index (κ3) is 2.58. The van der Waals surface area contributed by atoms with E-state index in [0.717, 1.165) is 11.3 Å². The Morgan fingerprint density at radius 1 is 1.38 bits per heavy atom. The summed E-state index contributed by atoms with van der Waals surface area (Å²) in [7, 11) is 0. The van der Waals surface area contributed by atoms with Crippen molar-refractivity contribution in [1.29, 1.82) is 0 Å². The van der Waals surface area contributed by atoms with Gasteiger partial charge in [0.2, 0.25) is 0 Å². The number of thiazole rings is 1. The minimum atomic E-state index is -0.262. The maximum atomic E-state index is 12.3. The summed E-state index contributed by atoms with van der Waals surface area (Å²) in [5.41, 5.74) is 7.49. The summed E-state index contributed by atoms with van der Waals surface area (Å²) in [6.45, 7) is 1.75. The van der Waals surface area contributed by atoms with Crippen LogP contribution in [0.4, 0.5) is 10.8 Å². The standard InChI is InChI=1S/C12H11N7OS/c1-7-10(21-12(13)15-7)11(20)16-8-4-2-3-5-9(8)19-6-14-17-18-19/h2-6H,1H3,(H2,13,15)(H,16,20). The van der Waals surface area contributed by atoms with Crippen molar-refractivity contribution < 1.29 is 4.79 Å². The fourth-order valence-corrected chi connectivity index (χ4v) is 2.59. The number of nitrogens with one attached hydrogen (secondary N) is 1. The Morgan fingerprint density at radius 2 is 2.19 bits per heavy atom. The number of hydrogen-bond acceptors (Lipinski definition) is 7. The average Bonchev–Trinajstić information content (AvgIpc) is 3.09. The zero-order chi connectivity index (χ0) is 14.8. The number of benzene rings is 1. The lowest BCUT2D eigenvalue weighted by atomic mass is 10.2. The minimum Gasteiger partial charge on any atom is -0.375 e. The maximum absolute atomic E-state index is 12.3. The van der Waals surface area contributed by atoms with Crippen molar-refractivity contribution in [1.82, 2.24) is 25.2 Å². The highest BCUT2D eigenvalue weighted by Gasteiger charge is 2.16. The van der Waals surface area contributed by atoms with E-state index in [-0.39, 0.29) is 5.91 Å². The van der Waals surface area contributed by atoms with Gasteiger partial charge in [-0.1, -0.05) is 23.5 Å². The maximum Gasteiger partial charge on any atom is 0.267 e. The first-order chi connectivity index (χ1) is 10.1. The largest absolute Gasteiger partial charge is 0.375 e. The Kier molecular flexibility index (Phi) is 3.32. The molecule has 0 aliphatic carbocycles. The fraction of sp³-hybridized carbons (Fsp3) is 0.0833. The molecule has 9 heteroatoms. The topological polar surface area (TPSA) is 112 Å². The number of nitrogens with zero attached hydrogens (tertiary/aromatic N) is 5. The quantitative estimate of drug-likeness (QED) is 0.753. The molecule has 0 spiro atoms. The molecular weight excluding hydrogens is 290 g/mol. The molecule has 3 N–H and O–H groups in total. The van der Waals surface area contributed by atoms with Gasteiger partial charge in [-0.25, -0.2) is 4.98 Å². The van der Waals surface area contributed by atoms with E-state index in [0.29, 0.717) is 27.1 Å². The van der Waals surface area contributed by atoms with Crippen molar-refractivity contribution in [2.75, 3.05) is 11.1 Å². The van der Waals surface area contributed by atoms with Crippen molar-refractivity contribution in [3.05, 3.63) is 41.2 Å². The van der Waals surface area contributed by atoms with Crippen LogP contribution in [0.2, 0.25) is 0 Å². The molecule has 3 rings (SSSR count). The number of para-hydroxylation sites is 2. The Labute approximate surface area is 123 Å². The van der Waals surface area contributed by atoms with Crippen LogP contribution < -0.4 is 11.1 Å². The predicted molar refractivity (Wildman–Crippen MR) is 78.4 cm³/mol. The first-order valence-corrected chi connectivity index (χ1v) is 6.83. The van der Waals surface area contributed by atoms with E-state index in [9.17, 15) is 4.79 Å². The van der Waals surface area contributed by atoms with Crippen molar-refractivity contribution in [2.45, 2.75) is 6.92 Å². The van der Waals surface area contributed by atoms with Crippen LogP contribution in [-0.4, -0.2) is 31.1 Å². The molecule has 2 heterocycles. The molecule has 8 nitrogen and oxygen atoms in total. The summed E-state index contributed by atoms with van der Waals surface area (Å²) < 4.78 is 1.48. The van der Waals surface area contributed by atoms with Crippen LogP contribution in [0.1, 0.15) is 15.4 Å². The summed E-state index contributed by atoms with van der Waals surface area (Å²) in [6.07, 6.45) is 1.46. The van der Waals surface area contributed by atoms with E-state index in [2.05, 4.69) is 25.8 Å². The van der Waals surface area contributed by atoms with Crippen LogP contribution in [0.25, 0.3) is 5.69 Å². The number of rotatable bonds is 3. The number of aryl methyl sites for hydroxylation is 1. The molecule has 3 aromatic rings. The molecule has 0 saturated carbocycles. The van der Waals surface area contributed by atoms with E-state index in [1.807, 2.05) is 12.1 Å². The van der Waals surface area contributed by atoms with Crippen LogP contribution in [0.15, 0.2) is 30.6 Å². The number of carbonyl (C=O) groups excluding carboxylic acids is 1. The number of tetrazole rings is 1. The molecule has 0 bridgehead atoms. The van der Waals surface area contributed by atoms with Crippen LogP contribution in [0.5, 0.6) is 0 Å². The molecule has 0 unspecified atom stereocenters. The predicted octanol–water partition coefficient (Wildman–Crippen LogP) is 1.26. The Hall–Kier alpha value is -2.81. The summed E-state index contributed by atoms with van der Waals surface area (Å²) in [5, 5.41) is 14.2. The van der Waals surface area contributed by atoms with Gasteiger partial charge in [0.05, 0.1) is 17.1 Å². The van der Waals surface area contributed by atoms with Crippen LogP contribution in [0, 0.1) is 6.92 Å². The highest BCUT2D eigenvalue weighted by atomic mass is 32.1. The molecule has 0 radical (unpaired) electrons. The van der Waals surface area contributed by atoms with Crippen molar-refractivity contribution in [3.63, 3.8) is 0 Å². The second kappa shape index (κ2) is 5.29. The number of hydrogen-bond donors (Lipinski definition) is 2. The normalized spacial score (nSPS) is 10.5. The zero-order valence-electron chi connectivity index (χ0n) is 11.0. The van der Waals surface area contributed by atoms with Crippen LogP contribution in [-0.2, 0) is 0 Å². The Morgan fingerprint density at radius 3 is 2.86 bits per heavy atom. The lowest BCUT2D eigenvalue weighted by molar-refractivity contribution is 0.103. The first kappa shape index (κ1) is 13.2. The molecule has 0 aliphatic heterocycles. The Bertz CT molecular complexity index is 781. The Balaban J connectivity index is 1.92. The molecule has 0 fully saturated rings. The number of nitrogen functional groups attached to an aromatic ring is 1. The molecule has 2 aromatic heterocycles. The molecule has 106 valence electrons. The van der Waals surface area contributed by atoms with Gasteiger partial charge in [-0.05, 0) is 29.5 Å². The van der Waals surface area contributed by atoms with Gasteiger partial charge >= 0.3 is 0 Å². The fourth-order valence-electron chi connectivity index (χ4n) is 1.86. The van der Waals surface area contributed by atoms with Crippen molar-refractivity contribution in [2.24, 2.45) is 0 Å². The number of aromatic nitrogens is 5. The molecule has 21 heavy (non-hydrogen) atoms. The molecule has 0 saturated heterocycles. The van der Waals surface area contributed by atoms with Gasteiger partial charge in [-0.3, -0.25) is 4.79 Å². The lowest BCUT2D eigenvalue weighted by Gasteiger charge is -2.09. The van der Waals surface area contributed by atoms with E-state index in [4.69, 9.17) is 5.73 Å². The van der Waals surface area contributed by atoms with E-state index < -0.39 is 0 Å². The first-order valence-electron chi connectivity index (χ1n) is 6.02. The summed E-state index contributed by atoms with van der Waals surface area (Å²) in [6, 6.07) is 7.23. The third-order valence-electron chi connectivity index (χ3n) is 2.77. The van der Waals surface area contributed by atoms with Gasteiger partial charge < -0.3 is 11.1 Å². The number of nitrogens with two attached hydrogens (primary N) is 1. The van der Waals surface area contributed by atoms with Gasteiger partial charge in [0.25, 0.3) is 5.91 Å². The van der Waals surface area contributed by atoms with Gasteiger partial charge in [0.15, 0.2) is 5.13 Å². The monoisotopic (exact) mass is 301 g/mol. The highest BCUT2D eigenvalue weighted by molar-refractivity contribution is 7.17. The van der Waals surface area contributed by atoms with Crippen molar-refractivity contribution in [3.8, 4) is 5.69 Å². The van der Waals surface area contributed by atoms with E-state index in [1.165, 1.54) is 11.0 Å². The molecule has 0 aliphatic rings. The number of carbonyl (C=O) groups is 1. The third-order valence-corrected chi connectivity index (χ3v) is 3.75. The SMILES string of the molecule is Cc1nc(N)sc1C(=O)Nc1ccccc1-n1cnnn1. The summed E-state index contributed by atoms with van der Waals surface area (Å²) in [4.78, 5) is 16.8. The highest BCUT2D eigenvalue weighted by Crippen LogP contribution is 2.23. The van der Waals surface area contributed by atoms with Crippen LogP contribution >= 0.6 is 11.3 Å². The van der Waals surface area contributed by atoms with Gasteiger partial charge in [0.1, 0.15) is 11.2 Å². The smallest absolute Gasteiger partial charge is 0.267 e. The number of amides is 1. The minimum absolute atomic E-state index is 0.262. The molecular formula is C12H11N7OS. The van der Waals surface area contributed by atoms with E-state index >= 15 is 0 Å². The van der Waals surface area contributed by atoms with Gasteiger partial charge in [-0.2, -0.15) is 4.68 Å². The van der Waals surface area contributed by atoms with Crippen molar-refractivity contribution >= 4 is 28.1 Å². The van der Waals surface area contributed by atoms with Gasteiger partial charge in [0, 0.05) is 0 Å². The molecule has 1 amide bonds. The van der Waals surface area contributed by atoms with E-state index in [1.54, 1.807) is 19.1 Å². The molecule has 0 atom stereocenters. The zero-order valence-corrected chi connectivity index (χ0v) is 11.8. The van der Waals surface area contributed by atoms with Gasteiger partial charge in [-0.15, -0.1) is 5.10 Å². The summed E-state index contributed by atoms with van der Waals surface area (Å²) in [5.74, 6) is -0.262. The second-order valence-electron chi connectivity index (χ2n) is 4.19. The molecule has 1 aromatic carbocycles. The number of anilines is 2. The second-order valence-corrected chi connectivity index (χ2v) is 5.22. The summed E-state index contributed by atoms with van der Waals surface area (Å²) >= 11 is 1.15.